The molecule has 0 saturated carbocycles. The van der Waals surface area contributed by atoms with Gasteiger partial charge in [-0.3, -0.25) is 0 Å². The number of hydrogen-bond donors (Lipinski definition) is 0. The van der Waals surface area contributed by atoms with Crippen LogP contribution in [0.15, 0.2) is 48.5 Å². The Morgan fingerprint density at radius 1 is 0.806 bits per heavy atom. The Bertz CT molecular complexity index is 1050. The van der Waals surface area contributed by atoms with E-state index >= 15 is 0 Å². The van der Waals surface area contributed by atoms with E-state index in [2.05, 4.69) is 29.3 Å². The van der Waals surface area contributed by atoms with Crippen molar-refractivity contribution < 1.29 is 18.9 Å². The smallest absolute Gasteiger partial charge is 0.163 e. The van der Waals surface area contributed by atoms with Crippen molar-refractivity contribution in [3.8, 4) is 32.6 Å². The summed E-state index contributed by atoms with van der Waals surface area (Å²) >= 11 is 1.58. The second kappa shape index (κ2) is 13.2. The summed E-state index contributed by atoms with van der Waals surface area (Å²) in [5.41, 5.74) is 2.08. The monoisotopic (exact) mass is 510 g/mol. The molecule has 4 rings (SSSR count). The van der Waals surface area contributed by atoms with Crippen LogP contribution in [0, 0.1) is 0 Å². The minimum Gasteiger partial charge on any atom is -0.494 e. The number of aromatic nitrogens is 2. The van der Waals surface area contributed by atoms with Gasteiger partial charge < -0.3 is 18.9 Å². The van der Waals surface area contributed by atoms with Crippen LogP contribution in [-0.4, -0.2) is 41.9 Å². The second-order valence-electron chi connectivity index (χ2n) is 9.67. The zero-order valence-electron chi connectivity index (χ0n) is 21.7. The summed E-state index contributed by atoms with van der Waals surface area (Å²) in [5.74, 6) is 1.25. The molecular formula is C29H38N2O4S. The lowest BCUT2D eigenvalue weighted by molar-refractivity contribution is -0.139. The molecule has 0 amide bonds. The Labute approximate surface area is 219 Å². The fourth-order valence-electron chi connectivity index (χ4n) is 4.13. The molecular weight excluding hydrogens is 472 g/mol. The molecule has 1 aliphatic heterocycles. The third-order valence-electron chi connectivity index (χ3n) is 6.17. The maximum Gasteiger partial charge on any atom is 0.163 e. The number of nitrogens with zero attached hydrogens (tertiary/aromatic N) is 2. The van der Waals surface area contributed by atoms with E-state index in [0.29, 0.717) is 13.2 Å². The Morgan fingerprint density at radius 3 is 1.92 bits per heavy atom. The van der Waals surface area contributed by atoms with Gasteiger partial charge in [-0.15, -0.1) is 10.2 Å². The first kappa shape index (κ1) is 26.6. The van der Waals surface area contributed by atoms with Gasteiger partial charge in [0, 0.05) is 17.5 Å². The van der Waals surface area contributed by atoms with Crippen LogP contribution in [0.4, 0.5) is 0 Å². The fourth-order valence-corrected chi connectivity index (χ4v) is 4.98. The van der Waals surface area contributed by atoms with Crippen LogP contribution in [0.25, 0.3) is 21.1 Å². The predicted molar refractivity (Wildman–Crippen MR) is 145 cm³/mol. The zero-order chi connectivity index (χ0) is 25.2. The van der Waals surface area contributed by atoms with Crippen molar-refractivity contribution in [2.24, 2.45) is 0 Å². The van der Waals surface area contributed by atoms with Crippen molar-refractivity contribution in [1.82, 2.24) is 10.2 Å². The summed E-state index contributed by atoms with van der Waals surface area (Å²) in [6.07, 6.45) is 8.48. The molecule has 2 heterocycles. The van der Waals surface area contributed by atoms with Crippen LogP contribution in [-0.2, 0) is 9.47 Å². The standard InChI is InChI=1S/C29H38N2O4S/c1-4-5-6-7-8-9-19-32-24-14-10-22(11-15-24)27-30-31-28(36-27)23-12-16-25(17-13-23)33-20-18-26-21-34-29(2,3)35-26/h10-17,26H,4-9,18-21H2,1-3H3. The van der Waals surface area contributed by atoms with Gasteiger partial charge in [0.15, 0.2) is 5.79 Å². The van der Waals surface area contributed by atoms with Gasteiger partial charge in [-0.05, 0) is 68.8 Å². The average molecular weight is 511 g/mol. The number of hydrogen-bond acceptors (Lipinski definition) is 7. The molecule has 1 aliphatic rings. The summed E-state index contributed by atoms with van der Waals surface area (Å²) in [4.78, 5) is 0. The highest BCUT2D eigenvalue weighted by Crippen LogP contribution is 2.32. The van der Waals surface area contributed by atoms with Gasteiger partial charge in [0.05, 0.1) is 25.9 Å². The van der Waals surface area contributed by atoms with Crippen molar-refractivity contribution >= 4 is 11.3 Å². The van der Waals surface area contributed by atoms with Crippen molar-refractivity contribution in [2.75, 3.05) is 19.8 Å². The minimum atomic E-state index is -0.490. The largest absolute Gasteiger partial charge is 0.494 e. The highest BCUT2D eigenvalue weighted by molar-refractivity contribution is 7.17. The summed E-state index contributed by atoms with van der Waals surface area (Å²) < 4.78 is 23.2. The van der Waals surface area contributed by atoms with E-state index in [1.54, 1.807) is 11.3 Å². The first-order valence-electron chi connectivity index (χ1n) is 13.1. The molecule has 7 heteroatoms. The van der Waals surface area contributed by atoms with Crippen LogP contribution in [0.3, 0.4) is 0 Å². The lowest BCUT2D eigenvalue weighted by Crippen LogP contribution is -2.22. The molecule has 0 aliphatic carbocycles. The van der Waals surface area contributed by atoms with Crippen LogP contribution in [0.5, 0.6) is 11.5 Å². The molecule has 0 bridgehead atoms. The van der Waals surface area contributed by atoms with E-state index in [-0.39, 0.29) is 6.10 Å². The van der Waals surface area contributed by atoms with E-state index in [4.69, 9.17) is 18.9 Å². The summed E-state index contributed by atoms with van der Waals surface area (Å²) in [5, 5.41) is 10.6. The van der Waals surface area contributed by atoms with Crippen LogP contribution in [0.2, 0.25) is 0 Å². The van der Waals surface area contributed by atoms with Gasteiger partial charge in [-0.1, -0.05) is 50.4 Å². The van der Waals surface area contributed by atoms with E-state index in [0.717, 1.165) is 52.1 Å². The molecule has 6 nitrogen and oxygen atoms in total. The van der Waals surface area contributed by atoms with Gasteiger partial charge in [-0.25, -0.2) is 0 Å². The number of unbranched alkanes of at least 4 members (excludes halogenated alkanes) is 5. The third kappa shape index (κ3) is 8.02. The summed E-state index contributed by atoms with van der Waals surface area (Å²) in [6.45, 7) is 8.10. The third-order valence-corrected chi connectivity index (χ3v) is 7.19. The molecule has 194 valence electrons. The molecule has 3 aromatic rings. The van der Waals surface area contributed by atoms with Crippen molar-refractivity contribution in [1.29, 1.82) is 0 Å². The zero-order valence-corrected chi connectivity index (χ0v) is 22.5. The van der Waals surface area contributed by atoms with Crippen molar-refractivity contribution in [3.63, 3.8) is 0 Å². The number of ether oxygens (including phenoxy) is 4. The van der Waals surface area contributed by atoms with Gasteiger partial charge in [-0.2, -0.15) is 0 Å². The normalized spacial score (nSPS) is 16.8. The highest BCUT2D eigenvalue weighted by atomic mass is 32.1. The second-order valence-corrected chi connectivity index (χ2v) is 10.6. The fraction of sp³-hybridized carbons (Fsp3) is 0.517. The quantitative estimate of drug-likeness (QED) is 0.209. The Balaban J connectivity index is 1.22. The minimum absolute atomic E-state index is 0.0834. The maximum atomic E-state index is 5.90. The van der Waals surface area contributed by atoms with Gasteiger partial charge in [0.2, 0.25) is 0 Å². The summed E-state index contributed by atoms with van der Waals surface area (Å²) in [6, 6.07) is 16.1. The van der Waals surface area contributed by atoms with Crippen molar-refractivity contribution in [3.05, 3.63) is 48.5 Å². The molecule has 0 N–H and O–H groups in total. The van der Waals surface area contributed by atoms with Crippen molar-refractivity contribution in [2.45, 2.75) is 77.6 Å². The van der Waals surface area contributed by atoms with Crippen LogP contribution < -0.4 is 9.47 Å². The number of rotatable bonds is 14. The number of benzene rings is 2. The Kier molecular flexibility index (Phi) is 9.73. The molecule has 1 fully saturated rings. The van der Waals surface area contributed by atoms with Gasteiger partial charge in [0.1, 0.15) is 21.5 Å². The lowest BCUT2D eigenvalue weighted by atomic mass is 10.1. The first-order valence-corrected chi connectivity index (χ1v) is 14.0. The Morgan fingerprint density at radius 2 is 1.36 bits per heavy atom. The maximum absolute atomic E-state index is 5.90. The van der Waals surface area contributed by atoms with Gasteiger partial charge >= 0.3 is 0 Å². The molecule has 1 aromatic heterocycles. The molecule has 1 atom stereocenters. The first-order chi connectivity index (χ1) is 17.5. The summed E-state index contributed by atoms with van der Waals surface area (Å²) in [7, 11) is 0. The topological polar surface area (TPSA) is 62.7 Å². The van der Waals surface area contributed by atoms with E-state index < -0.39 is 5.79 Å². The van der Waals surface area contributed by atoms with E-state index in [1.807, 2.05) is 50.2 Å². The molecule has 2 aromatic carbocycles. The SMILES string of the molecule is CCCCCCCCOc1ccc(-c2nnc(-c3ccc(OCCC4COC(C)(C)O4)cc3)s2)cc1. The van der Waals surface area contributed by atoms with Gasteiger partial charge in [0.25, 0.3) is 0 Å². The lowest BCUT2D eigenvalue weighted by Gasteiger charge is -2.17. The predicted octanol–water partition coefficient (Wildman–Crippen LogP) is 7.53. The van der Waals surface area contributed by atoms with Crippen LogP contribution in [0.1, 0.15) is 65.7 Å². The molecule has 1 saturated heterocycles. The Hall–Kier alpha value is -2.48. The van der Waals surface area contributed by atoms with E-state index in [1.165, 1.54) is 32.1 Å². The molecule has 1 unspecified atom stereocenters. The molecule has 0 radical (unpaired) electrons. The average Bonchev–Trinajstić information content (AvgIpc) is 3.51. The molecule has 36 heavy (non-hydrogen) atoms. The highest BCUT2D eigenvalue weighted by Gasteiger charge is 2.32. The molecule has 0 spiro atoms. The van der Waals surface area contributed by atoms with E-state index in [9.17, 15) is 0 Å². The van der Waals surface area contributed by atoms with Crippen LogP contribution >= 0.6 is 11.3 Å².